The van der Waals surface area contributed by atoms with E-state index >= 15 is 0 Å². The first-order chi connectivity index (χ1) is 8.72. The molecule has 0 aromatic heterocycles. The van der Waals surface area contributed by atoms with Crippen LogP contribution in [-0.4, -0.2) is 6.04 Å². The van der Waals surface area contributed by atoms with Gasteiger partial charge in [-0.25, -0.2) is 8.78 Å². The highest BCUT2D eigenvalue weighted by atomic mass is 19.1. The van der Waals surface area contributed by atoms with Crippen LogP contribution in [0, 0.1) is 28.9 Å². The Labute approximate surface area is 106 Å². The number of hydrogen-bond donors (Lipinski definition) is 1. The second-order valence-corrected chi connectivity index (χ2v) is 4.72. The van der Waals surface area contributed by atoms with Crippen LogP contribution in [0.3, 0.4) is 0 Å². The Balaban J connectivity index is 2.18. The van der Waals surface area contributed by atoms with Crippen molar-refractivity contribution in [3.63, 3.8) is 0 Å². The van der Waals surface area contributed by atoms with Crippen LogP contribution in [0.2, 0.25) is 0 Å². The summed E-state index contributed by atoms with van der Waals surface area (Å²) in [5, 5.41) is 12.0. The molecule has 2 unspecified atom stereocenters. The Bertz CT molecular complexity index is 433. The summed E-state index contributed by atoms with van der Waals surface area (Å²) < 4.78 is 27.1. The first-order valence-corrected chi connectivity index (χ1v) is 6.32. The van der Waals surface area contributed by atoms with Gasteiger partial charge in [0.15, 0.2) is 0 Å². The van der Waals surface area contributed by atoms with E-state index in [1.54, 1.807) is 0 Å². The number of nitrogens with zero attached hydrogens (tertiary/aromatic N) is 1. The highest BCUT2D eigenvalue weighted by Crippen LogP contribution is 2.28. The van der Waals surface area contributed by atoms with Gasteiger partial charge in [-0.05, 0) is 25.0 Å². The maximum Gasteiger partial charge on any atom is 0.149 e. The van der Waals surface area contributed by atoms with Crippen molar-refractivity contribution in [1.82, 2.24) is 0 Å². The second-order valence-electron chi connectivity index (χ2n) is 4.72. The van der Waals surface area contributed by atoms with Crippen LogP contribution in [0.5, 0.6) is 0 Å². The maximum atomic E-state index is 13.6. The molecule has 1 aliphatic rings. The van der Waals surface area contributed by atoms with Gasteiger partial charge in [-0.3, -0.25) is 0 Å². The fraction of sp³-hybridized carbons (Fsp3) is 0.500. The molecule has 1 fully saturated rings. The van der Waals surface area contributed by atoms with Crippen LogP contribution in [0.4, 0.5) is 14.5 Å². The lowest BCUT2D eigenvalue weighted by Crippen LogP contribution is -2.28. The Hall–Kier alpha value is -1.63. The molecule has 0 saturated heterocycles. The number of hydrogen-bond acceptors (Lipinski definition) is 2. The molecule has 2 atom stereocenters. The average molecular weight is 250 g/mol. The third-order valence-corrected chi connectivity index (χ3v) is 3.47. The predicted molar refractivity (Wildman–Crippen MR) is 66.0 cm³/mol. The molecule has 2 nitrogen and oxygen atoms in total. The van der Waals surface area contributed by atoms with Crippen LogP contribution >= 0.6 is 0 Å². The summed E-state index contributed by atoms with van der Waals surface area (Å²) >= 11 is 0. The van der Waals surface area contributed by atoms with Gasteiger partial charge in [0.25, 0.3) is 0 Å². The third kappa shape index (κ3) is 2.79. The van der Waals surface area contributed by atoms with Crippen molar-refractivity contribution >= 4 is 5.69 Å². The van der Waals surface area contributed by atoms with Crippen LogP contribution in [0.25, 0.3) is 0 Å². The highest BCUT2D eigenvalue weighted by Gasteiger charge is 2.25. The number of benzene rings is 1. The lowest BCUT2D eigenvalue weighted by molar-refractivity contribution is 0.503. The lowest BCUT2D eigenvalue weighted by Gasteiger charge is -2.22. The van der Waals surface area contributed by atoms with E-state index in [9.17, 15) is 8.78 Å². The minimum Gasteiger partial charge on any atom is -0.376 e. The zero-order chi connectivity index (χ0) is 13.0. The van der Waals surface area contributed by atoms with Crippen molar-refractivity contribution in [2.75, 3.05) is 5.32 Å². The summed E-state index contributed by atoms with van der Waals surface area (Å²) in [5.41, 5.74) is -0.107. The molecule has 0 bridgehead atoms. The van der Waals surface area contributed by atoms with E-state index in [2.05, 4.69) is 11.4 Å². The van der Waals surface area contributed by atoms with Crippen molar-refractivity contribution in [2.24, 2.45) is 5.92 Å². The number of nitrogens with one attached hydrogen (secondary N) is 1. The Morgan fingerprint density at radius 2 is 1.78 bits per heavy atom. The van der Waals surface area contributed by atoms with E-state index in [0.717, 1.165) is 32.1 Å². The summed E-state index contributed by atoms with van der Waals surface area (Å²) in [6, 6.07) is 5.87. The molecule has 1 N–H and O–H groups in total. The average Bonchev–Trinajstić information content (AvgIpc) is 2.59. The Morgan fingerprint density at radius 3 is 2.44 bits per heavy atom. The largest absolute Gasteiger partial charge is 0.376 e. The van der Waals surface area contributed by atoms with Gasteiger partial charge in [0.05, 0.1) is 12.0 Å². The van der Waals surface area contributed by atoms with Gasteiger partial charge in [-0.1, -0.05) is 25.3 Å². The molecule has 2 rings (SSSR count). The number of para-hydroxylation sites is 1. The van der Waals surface area contributed by atoms with Crippen molar-refractivity contribution in [1.29, 1.82) is 5.26 Å². The zero-order valence-electron chi connectivity index (χ0n) is 10.1. The molecule has 96 valence electrons. The minimum atomic E-state index is -0.601. The molecule has 0 radical (unpaired) electrons. The maximum absolute atomic E-state index is 13.6. The van der Waals surface area contributed by atoms with Crippen LogP contribution < -0.4 is 5.32 Å². The fourth-order valence-corrected chi connectivity index (χ4v) is 2.46. The summed E-state index contributed by atoms with van der Waals surface area (Å²) in [4.78, 5) is 0. The zero-order valence-corrected chi connectivity index (χ0v) is 10.1. The van der Waals surface area contributed by atoms with Crippen molar-refractivity contribution in [2.45, 2.75) is 38.1 Å². The normalized spacial score (nSPS) is 24.1. The summed E-state index contributed by atoms with van der Waals surface area (Å²) in [5.74, 6) is -1.38. The first kappa shape index (κ1) is 12.8. The van der Waals surface area contributed by atoms with Gasteiger partial charge >= 0.3 is 0 Å². The molecule has 18 heavy (non-hydrogen) atoms. The molecule has 0 spiro atoms. The molecule has 4 heteroatoms. The third-order valence-electron chi connectivity index (χ3n) is 3.47. The van der Waals surface area contributed by atoms with Crippen LogP contribution in [-0.2, 0) is 0 Å². The molecular formula is C14H16F2N2. The van der Waals surface area contributed by atoms with Crippen molar-refractivity contribution < 1.29 is 8.78 Å². The topological polar surface area (TPSA) is 35.8 Å². The van der Waals surface area contributed by atoms with Gasteiger partial charge in [-0.2, -0.15) is 5.26 Å². The SMILES string of the molecule is N#CC1CCCCCC1Nc1c(F)cccc1F. The lowest BCUT2D eigenvalue weighted by atomic mass is 9.96. The smallest absolute Gasteiger partial charge is 0.149 e. The summed E-state index contributed by atoms with van der Waals surface area (Å²) in [6.07, 6.45) is 4.66. The highest BCUT2D eigenvalue weighted by molar-refractivity contribution is 5.47. The Kier molecular flexibility index (Phi) is 4.14. The summed E-state index contributed by atoms with van der Waals surface area (Å²) in [6.45, 7) is 0. The van der Waals surface area contributed by atoms with Gasteiger partial charge in [0.2, 0.25) is 0 Å². The number of anilines is 1. The van der Waals surface area contributed by atoms with Crippen LogP contribution in [0.15, 0.2) is 18.2 Å². The molecule has 0 amide bonds. The minimum absolute atomic E-state index is 0.107. The van der Waals surface area contributed by atoms with Gasteiger partial charge in [0, 0.05) is 6.04 Å². The van der Waals surface area contributed by atoms with E-state index in [4.69, 9.17) is 5.26 Å². The quantitative estimate of drug-likeness (QED) is 0.809. The van der Waals surface area contributed by atoms with Crippen LogP contribution in [0.1, 0.15) is 32.1 Å². The Morgan fingerprint density at radius 1 is 1.11 bits per heavy atom. The van der Waals surface area contributed by atoms with Gasteiger partial charge < -0.3 is 5.32 Å². The number of halogens is 2. The molecule has 1 saturated carbocycles. The van der Waals surface area contributed by atoms with E-state index in [1.165, 1.54) is 18.2 Å². The van der Waals surface area contributed by atoms with Gasteiger partial charge in [-0.15, -0.1) is 0 Å². The second kappa shape index (κ2) is 5.81. The molecule has 1 aromatic rings. The van der Waals surface area contributed by atoms with E-state index in [1.807, 2.05) is 0 Å². The van der Waals surface area contributed by atoms with Gasteiger partial charge in [0.1, 0.15) is 17.3 Å². The molecule has 1 aliphatic carbocycles. The van der Waals surface area contributed by atoms with Crippen molar-refractivity contribution in [3.8, 4) is 6.07 Å². The standard InChI is InChI=1S/C14H16F2N2/c15-11-6-4-7-12(16)14(11)18-13-8-3-1-2-5-10(13)9-17/h4,6-7,10,13,18H,1-3,5,8H2. The van der Waals surface area contributed by atoms with E-state index < -0.39 is 11.6 Å². The van der Waals surface area contributed by atoms with E-state index in [-0.39, 0.29) is 17.6 Å². The molecule has 1 aromatic carbocycles. The first-order valence-electron chi connectivity index (χ1n) is 6.32. The van der Waals surface area contributed by atoms with E-state index in [0.29, 0.717) is 0 Å². The molecule has 0 aliphatic heterocycles. The fourth-order valence-electron chi connectivity index (χ4n) is 2.46. The number of rotatable bonds is 2. The monoisotopic (exact) mass is 250 g/mol. The predicted octanol–water partition coefficient (Wildman–Crippen LogP) is 3.85. The van der Waals surface area contributed by atoms with Crippen molar-refractivity contribution in [3.05, 3.63) is 29.8 Å². The molecular weight excluding hydrogens is 234 g/mol. The molecule has 0 heterocycles. The number of nitriles is 1. The summed E-state index contributed by atoms with van der Waals surface area (Å²) in [7, 11) is 0.